The number of alkyl halides is 6. The Labute approximate surface area is 174 Å². The lowest BCUT2D eigenvalue weighted by atomic mass is 10.1. The van der Waals surface area contributed by atoms with Gasteiger partial charge in [0.1, 0.15) is 5.75 Å². The van der Waals surface area contributed by atoms with Gasteiger partial charge in [0, 0.05) is 6.54 Å². The molecular formula is C21H19F6N3O. The molecule has 0 fully saturated rings. The Morgan fingerprint density at radius 2 is 1.42 bits per heavy atom. The van der Waals surface area contributed by atoms with Crippen molar-refractivity contribution in [2.24, 2.45) is 0 Å². The SMILES string of the molecule is FC(F)(F)c1nc(C(F)(F)F)n(CCc2ccc(OCCCc3ccccc3)cc2)n1. The number of hydrogen-bond acceptors (Lipinski definition) is 3. The van der Waals surface area contributed by atoms with Crippen molar-refractivity contribution in [1.29, 1.82) is 0 Å². The minimum Gasteiger partial charge on any atom is -0.494 e. The molecule has 10 heteroatoms. The molecule has 0 bridgehead atoms. The van der Waals surface area contributed by atoms with Gasteiger partial charge in [-0.3, -0.25) is 0 Å². The predicted molar refractivity (Wildman–Crippen MR) is 100 cm³/mol. The number of benzene rings is 2. The van der Waals surface area contributed by atoms with E-state index in [0.717, 1.165) is 12.8 Å². The van der Waals surface area contributed by atoms with Crippen LogP contribution in [-0.2, 0) is 31.7 Å². The summed E-state index contributed by atoms with van der Waals surface area (Å²) in [5.74, 6) is -2.87. The van der Waals surface area contributed by atoms with Crippen LogP contribution in [0.25, 0.3) is 0 Å². The first kappa shape index (κ1) is 22.6. The minimum atomic E-state index is -5.05. The van der Waals surface area contributed by atoms with Crippen LogP contribution in [-0.4, -0.2) is 21.4 Å². The maximum Gasteiger partial charge on any atom is 0.453 e. The third-order valence-electron chi connectivity index (χ3n) is 4.44. The topological polar surface area (TPSA) is 39.9 Å². The second-order valence-corrected chi connectivity index (χ2v) is 6.81. The molecule has 0 aliphatic heterocycles. The van der Waals surface area contributed by atoms with Gasteiger partial charge in [0.25, 0.3) is 5.82 Å². The summed E-state index contributed by atoms with van der Waals surface area (Å²) in [7, 11) is 0. The van der Waals surface area contributed by atoms with Crippen molar-refractivity contribution >= 4 is 0 Å². The monoisotopic (exact) mass is 443 g/mol. The average molecular weight is 443 g/mol. The number of nitrogens with zero attached hydrogens (tertiary/aromatic N) is 3. The number of rotatable bonds is 8. The number of ether oxygens (including phenoxy) is 1. The van der Waals surface area contributed by atoms with Crippen molar-refractivity contribution in [3.8, 4) is 5.75 Å². The quantitative estimate of drug-likeness (QED) is 0.338. The van der Waals surface area contributed by atoms with Crippen LogP contribution >= 0.6 is 0 Å². The van der Waals surface area contributed by atoms with Crippen molar-refractivity contribution in [3.05, 3.63) is 77.4 Å². The highest BCUT2D eigenvalue weighted by Crippen LogP contribution is 2.32. The molecule has 1 aromatic heterocycles. The van der Waals surface area contributed by atoms with Crippen LogP contribution in [0.3, 0.4) is 0 Å². The van der Waals surface area contributed by atoms with Gasteiger partial charge in [-0.25, -0.2) is 4.68 Å². The Morgan fingerprint density at radius 3 is 2.03 bits per heavy atom. The fourth-order valence-electron chi connectivity index (χ4n) is 2.93. The smallest absolute Gasteiger partial charge is 0.453 e. The van der Waals surface area contributed by atoms with Crippen LogP contribution in [0.1, 0.15) is 29.2 Å². The van der Waals surface area contributed by atoms with Crippen LogP contribution in [0.5, 0.6) is 5.75 Å². The molecule has 166 valence electrons. The van der Waals surface area contributed by atoms with Gasteiger partial charge >= 0.3 is 12.4 Å². The summed E-state index contributed by atoms with van der Waals surface area (Å²) in [6.07, 6.45) is -8.34. The molecule has 0 saturated heterocycles. The minimum absolute atomic E-state index is 0.0536. The summed E-state index contributed by atoms with van der Waals surface area (Å²) < 4.78 is 82.9. The van der Waals surface area contributed by atoms with Gasteiger partial charge < -0.3 is 4.74 Å². The largest absolute Gasteiger partial charge is 0.494 e. The molecule has 0 aliphatic carbocycles. The second kappa shape index (κ2) is 9.40. The van der Waals surface area contributed by atoms with E-state index in [1.807, 2.05) is 30.3 Å². The fraction of sp³-hybridized carbons (Fsp3) is 0.333. The van der Waals surface area contributed by atoms with E-state index in [1.165, 1.54) is 5.56 Å². The standard InChI is InChI=1S/C21H19F6N3O/c22-20(23,24)18-28-19(21(25,26)27)30(29-18)13-12-16-8-10-17(11-9-16)31-14-4-7-15-5-2-1-3-6-15/h1-3,5-6,8-11H,4,7,12-14H2. The second-order valence-electron chi connectivity index (χ2n) is 6.81. The van der Waals surface area contributed by atoms with E-state index < -0.39 is 30.5 Å². The van der Waals surface area contributed by atoms with Gasteiger partial charge in [-0.1, -0.05) is 42.5 Å². The molecule has 0 atom stereocenters. The fourth-order valence-corrected chi connectivity index (χ4v) is 2.93. The van der Waals surface area contributed by atoms with E-state index in [9.17, 15) is 26.3 Å². The summed E-state index contributed by atoms with van der Waals surface area (Å²) in [6, 6.07) is 16.6. The maximum absolute atomic E-state index is 13.0. The van der Waals surface area contributed by atoms with Crippen LogP contribution in [0.15, 0.2) is 54.6 Å². The Hall–Kier alpha value is -3.04. The van der Waals surface area contributed by atoms with E-state index in [1.54, 1.807) is 24.3 Å². The molecule has 3 aromatic rings. The maximum atomic E-state index is 13.0. The summed E-state index contributed by atoms with van der Waals surface area (Å²) in [4.78, 5) is 2.62. The molecule has 0 amide bonds. The molecule has 0 saturated carbocycles. The lowest BCUT2D eigenvalue weighted by Crippen LogP contribution is -2.17. The van der Waals surface area contributed by atoms with Gasteiger partial charge in [0.15, 0.2) is 0 Å². The third-order valence-corrected chi connectivity index (χ3v) is 4.44. The highest BCUT2D eigenvalue weighted by molar-refractivity contribution is 5.27. The van der Waals surface area contributed by atoms with Gasteiger partial charge in [0.2, 0.25) is 5.82 Å². The first-order chi connectivity index (χ1) is 14.6. The summed E-state index contributed by atoms with van der Waals surface area (Å²) >= 11 is 0. The number of hydrogen-bond donors (Lipinski definition) is 0. The van der Waals surface area contributed by atoms with Gasteiger partial charge in [-0.2, -0.15) is 31.3 Å². The molecule has 0 spiro atoms. The molecule has 1 heterocycles. The molecule has 0 N–H and O–H groups in total. The van der Waals surface area contributed by atoms with Gasteiger partial charge in [-0.05, 0) is 42.5 Å². The van der Waals surface area contributed by atoms with E-state index in [0.29, 0.717) is 17.9 Å². The molecule has 2 aromatic carbocycles. The molecule has 0 aliphatic rings. The zero-order valence-corrected chi connectivity index (χ0v) is 16.2. The van der Waals surface area contributed by atoms with E-state index in [2.05, 4.69) is 10.1 Å². The lowest BCUT2D eigenvalue weighted by Gasteiger charge is -2.09. The molecule has 31 heavy (non-hydrogen) atoms. The highest BCUT2D eigenvalue weighted by atomic mass is 19.4. The number of aromatic nitrogens is 3. The van der Waals surface area contributed by atoms with E-state index in [4.69, 9.17) is 4.74 Å². The Balaban J connectivity index is 1.54. The van der Waals surface area contributed by atoms with E-state index in [-0.39, 0.29) is 11.1 Å². The lowest BCUT2D eigenvalue weighted by molar-refractivity contribution is -0.151. The van der Waals surface area contributed by atoms with Crippen molar-refractivity contribution in [1.82, 2.24) is 14.8 Å². The van der Waals surface area contributed by atoms with Crippen LogP contribution in [0, 0.1) is 0 Å². The van der Waals surface area contributed by atoms with Crippen molar-refractivity contribution < 1.29 is 31.1 Å². The van der Waals surface area contributed by atoms with Crippen molar-refractivity contribution in [2.75, 3.05) is 6.61 Å². The molecular weight excluding hydrogens is 424 g/mol. The normalized spacial score (nSPS) is 12.2. The highest BCUT2D eigenvalue weighted by Gasteiger charge is 2.43. The number of halogens is 6. The van der Waals surface area contributed by atoms with E-state index >= 15 is 0 Å². The zero-order valence-electron chi connectivity index (χ0n) is 16.2. The summed E-state index contributed by atoms with van der Waals surface area (Å²) in [6.45, 7) is 0.109. The number of aryl methyl sites for hydroxylation is 3. The van der Waals surface area contributed by atoms with Crippen LogP contribution < -0.4 is 4.74 Å². The first-order valence-corrected chi connectivity index (χ1v) is 9.48. The van der Waals surface area contributed by atoms with Crippen molar-refractivity contribution in [2.45, 2.75) is 38.2 Å². The molecule has 0 unspecified atom stereocenters. The van der Waals surface area contributed by atoms with Crippen LogP contribution in [0.4, 0.5) is 26.3 Å². The molecule has 4 nitrogen and oxygen atoms in total. The zero-order chi connectivity index (χ0) is 22.5. The third kappa shape index (κ3) is 6.47. The van der Waals surface area contributed by atoms with Gasteiger partial charge in [0.05, 0.1) is 6.61 Å². The summed E-state index contributed by atoms with van der Waals surface area (Å²) in [5, 5.41) is 2.99. The summed E-state index contributed by atoms with van der Waals surface area (Å²) in [5.41, 5.74) is 1.84. The molecule has 3 rings (SSSR count). The Morgan fingerprint density at radius 1 is 0.774 bits per heavy atom. The van der Waals surface area contributed by atoms with Gasteiger partial charge in [-0.15, -0.1) is 5.10 Å². The Bertz CT molecular complexity index is 966. The first-order valence-electron chi connectivity index (χ1n) is 9.48. The van der Waals surface area contributed by atoms with Crippen LogP contribution in [0.2, 0.25) is 0 Å². The predicted octanol–water partition coefficient (Wildman–Crippen LogP) is 5.57. The molecule has 0 radical (unpaired) electrons. The Kier molecular flexibility index (Phi) is 6.87. The average Bonchev–Trinajstić information content (AvgIpc) is 3.17. The van der Waals surface area contributed by atoms with Crippen molar-refractivity contribution in [3.63, 3.8) is 0 Å².